The van der Waals surface area contributed by atoms with E-state index in [-0.39, 0.29) is 11.8 Å². The molecule has 1 aromatic carbocycles. The number of amides is 2. The fourth-order valence-electron chi connectivity index (χ4n) is 3.34. The first-order chi connectivity index (χ1) is 14.5. The van der Waals surface area contributed by atoms with E-state index in [1.54, 1.807) is 11.3 Å². The van der Waals surface area contributed by atoms with E-state index in [0.29, 0.717) is 17.0 Å². The number of hydrogen-bond donors (Lipinski definition) is 1. The zero-order chi connectivity index (χ0) is 21.1. The number of nitrogens with one attached hydrogen (secondary N) is 1. The van der Waals surface area contributed by atoms with Crippen molar-refractivity contribution in [1.82, 2.24) is 20.1 Å². The summed E-state index contributed by atoms with van der Waals surface area (Å²) < 4.78 is 0. The molecule has 0 atom stereocenters. The second-order valence-electron chi connectivity index (χ2n) is 7.42. The molecule has 0 unspecified atom stereocenters. The highest BCUT2D eigenvalue weighted by Gasteiger charge is 2.20. The molecule has 3 aromatic rings. The first-order valence-electron chi connectivity index (χ1n) is 9.86. The fourth-order valence-corrected chi connectivity index (χ4v) is 5.03. The van der Waals surface area contributed by atoms with Crippen molar-refractivity contribution in [2.24, 2.45) is 0 Å². The molecule has 0 bridgehead atoms. The maximum atomic E-state index is 12.6. The molecular formula is C22H24N4O2S2. The van der Waals surface area contributed by atoms with Gasteiger partial charge in [-0.2, -0.15) is 11.3 Å². The van der Waals surface area contributed by atoms with Crippen LogP contribution in [0.25, 0.3) is 10.6 Å². The van der Waals surface area contributed by atoms with Crippen molar-refractivity contribution in [2.75, 3.05) is 33.2 Å². The molecule has 1 fully saturated rings. The number of piperazine rings is 1. The summed E-state index contributed by atoms with van der Waals surface area (Å²) in [6.07, 6.45) is 0. The molecule has 1 aliphatic heterocycles. The number of aromatic nitrogens is 1. The maximum absolute atomic E-state index is 12.6. The van der Waals surface area contributed by atoms with Gasteiger partial charge in [0.05, 0.1) is 5.69 Å². The van der Waals surface area contributed by atoms with E-state index in [4.69, 9.17) is 0 Å². The number of thiazole rings is 1. The van der Waals surface area contributed by atoms with Crippen molar-refractivity contribution in [2.45, 2.75) is 13.5 Å². The SMILES string of the molecule is Cc1nc(-c2ccsc2)sc1C(=O)NCc1ccc(C(=O)N2CCN(C)CC2)cc1. The van der Waals surface area contributed by atoms with Gasteiger partial charge in [-0.05, 0) is 43.1 Å². The first kappa shape index (κ1) is 20.7. The van der Waals surface area contributed by atoms with Gasteiger partial charge in [0.1, 0.15) is 9.88 Å². The van der Waals surface area contributed by atoms with Gasteiger partial charge in [-0.15, -0.1) is 11.3 Å². The van der Waals surface area contributed by atoms with Crippen molar-refractivity contribution in [3.63, 3.8) is 0 Å². The number of carbonyl (C=O) groups is 2. The van der Waals surface area contributed by atoms with E-state index >= 15 is 0 Å². The van der Waals surface area contributed by atoms with Crippen LogP contribution in [-0.4, -0.2) is 59.8 Å². The normalized spacial score (nSPS) is 14.7. The van der Waals surface area contributed by atoms with Crippen LogP contribution in [0.1, 0.15) is 31.3 Å². The Labute approximate surface area is 184 Å². The minimum Gasteiger partial charge on any atom is -0.347 e. The van der Waals surface area contributed by atoms with Gasteiger partial charge < -0.3 is 15.1 Å². The Bertz CT molecular complexity index is 1020. The summed E-state index contributed by atoms with van der Waals surface area (Å²) >= 11 is 3.03. The molecule has 2 aromatic heterocycles. The number of aryl methyl sites for hydroxylation is 1. The monoisotopic (exact) mass is 440 g/mol. The molecule has 2 amide bonds. The molecule has 0 saturated carbocycles. The Balaban J connectivity index is 1.35. The third-order valence-electron chi connectivity index (χ3n) is 5.22. The molecular weight excluding hydrogens is 416 g/mol. The van der Waals surface area contributed by atoms with E-state index < -0.39 is 0 Å². The van der Waals surface area contributed by atoms with Gasteiger partial charge >= 0.3 is 0 Å². The molecule has 1 aliphatic rings. The Kier molecular flexibility index (Phi) is 6.26. The van der Waals surface area contributed by atoms with Crippen LogP contribution in [0, 0.1) is 6.92 Å². The summed E-state index contributed by atoms with van der Waals surface area (Å²) in [5, 5.41) is 7.87. The summed E-state index contributed by atoms with van der Waals surface area (Å²) in [5.41, 5.74) is 3.44. The number of rotatable bonds is 5. The van der Waals surface area contributed by atoms with Crippen molar-refractivity contribution in [3.05, 3.63) is 62.8 Å². The molecule has 3 heterocycles. The highest BCUT2D eigenvalue weighted by Crippen LogP contribution is 2.29. The topological polar surface area (TPSA) is 65.5 Å². The summed E-state index contributed by atoms with van der Waals surface area (Å²) in [6.45, 7) is 5.60. The van der Waals surface area contributed by atoms with Gasteiger partial charge in [0, 0.05) is 49.2 Å². The van der Waals surface area contributed by atoms with E-state index in [2.05, 4.69) is 22.2 Å². The summed E-state index contributed by atoms with van der Waals surface area (Å²) in [5.74, 6) is -0.0519. The molecule has 1 N–H and O–H groups in total. The predicted octanol–water partition coefficient (Wildman–Crippen LogP) is 3.50. The largest absolute Gasteiger partial charge is 0.347 e. The van der Waals surface area contributed by atoms with E-state index in [1.807, 2.05) is 52.9 Å². The number of thiophene rings is 1. The fraction of sp³-hybridized carbons (Fsp3) is 0.318. The standard InChI is InChI=1S/C22H24N4O2S2/c1-15-19(30-21(24-15)18-7-12-29-14-18)20(27)23-13-16-3-5-17(6-4-16)22(28)26-10-8-25(2)9-11-26/h3-7,12,14H,8-11,13H2,1-2H3,(H,23,27). The summed E-state index contributed by atoms with van der Waals surface area (Å²) in [7, 11) is 2.07. The van der Waals surface area contributed by atoms with Gasteiger partial charge in [-0.3, -0.25) is 9.59 Å². The van der Waals surface area contributed by atoms with Crippen molar-refractivity contribution < 1.29 is 9.59 Å². The second kappa shape index (κ2) is 9.07. The lowest BCUT2D eigenvalue weighted by Crippen LogP contribution is -2.47. The summed E-state index contributed by atoms with van der Waals surface area (Å²) in [6, 6.07) is 9.50. The van der Waals surface area contributed by atoms with Gasteiger partial charge in [-0.25, -0.2) is 4.98 Å². The molecule has 30 heavy (non-hydrogen) atoms. The highest BCUT2D eigenvalue weighted by atomic mass is 32.1. The molecule has 8 heteroatoms. The molecule has 4 rings (SSSR count). The Hall–Kier alpha value is -2.55. The van der Waals surface area contributed by atoms with Gasteiger partial charge in [-0.1, -0.05) is 12.1 Å². The highest BCUT2D eigenvalue weighted by molar-refractivity contribution is 7.17. The molecule has 0 aliphatic carbocycles. The summed E-state index contributed by atoms with van der Waals surface area (Å²) in [4.78, 5) is 34.6. The van der Waals surface area contributed by atoms with Gasteiger partial charge in [0.2, 0.25) is 0 Å². The number of likely N-dealkylation sites (N-methyl/N-ethyl adjacent to an activating group) is 1. The minimum absolute atomic E-state index is 0.0694. The number of carbonyl (C=O) groups excluding carboxylic acids is 2. The average Bonchev–Trinajstić information content (AvgIpc) is 3.42. The van der Waals surface area contributed by atoms with E-state index in [0.717, 1.165) is 48.0 Å². The lowest BCUT2D eigenvalue weighted by atomic mass is 10.1. The zero-order valence-electron chi connectivity index (χ0n) is 17.1. The van der Waals surface area contributed by atoms with Gasteiger partial charge in [0.25, 0.3) is 11.8 Å². The van der Waals surface area contributed by atoms with Gasteiger partial charge in [0.15, 0.2) is 0 Å². The smallest absolute Gasteiger partial charge is 0.263 e. The Morgan fingerprint density at radius 2 is 1.83 bits per heavy atom. The predicted molar refractivity (Wildman–Crippen MR) is 121 cm³/mol. The van der Waals surface area contributed by atoms with Crippen LogP contribution >= 0.6 is 22.7 Å². The molecule has 1 saturated heterocycles. The van der Waals surface area contributed by atoms with E-state index in [9.17, 15) is 9.59 Å². The number of hydrogen-bond acceptors (Lipinski definition) is 6. The Morgan fingerprint density at radius 3 is 2.50 bits per heavy atom. The van der Waals surface area contributed by atoms with Crippen LogP contribution in [0.3, 0.4) is 0 Å². The number of nitrogens with zero attached hydrogens (tertiary/aromatic N) is 3. The van der Waals surface area contributed by atoms with Crippen LogP contribution in [0.15, 0.2) is 41.1 Å². The van der Waals surface area contributed by atoms with Crippen LogP contribution < -0.4 is 5.32 Å². The van der Waals surface area contributed by atoms with Crippen LogP contribution in [0.4, 0.5) is 0 Å². The average molecular weight is 441 g/mol. The molecule has 0 spiro atoms. The van der Waals surface area contributed by atoms with Crippen molar-refractivity contribution in [1.29, 1.82) is 0 Å². The third-order valence-corrected chi connectivity index (χ3v) is 7.10. The lowest BCUT2D eigenvalue weighted by Gasteiger charge is -2.32. The molecule has 156 valence electrons. The van der Waals surface area contributed by atoms with Crippen LogP contribution in [0.2, 0.25) is 0 Å². The lowest BCUT2D eigenvalue weighted by molar-refractivity contribution is 0.0664. The molecule has 0 radical (unpaired) electrons. The van der Waals surface area contributed by atoms with E-state index in [1.165, 1.54) is 11.3 Å². The zero-order valence-corrected chi connectivity index (χ0v) is 18.7. The van der Waals surface area contributed by atoms with Crippen molar-refractivity contribution >= 4 is 34.5 Å². The number of benzene rings is 1. The third kappa shape index (κ3) is 4.61. The van der Waals surface area contributed by atoms with Crippen LogP contribution in [0.5, 0.6) is 0 Å². The first-order valence-corrected chi connectivity index (χ1v) is 11.6. The Morgan fingerprint density at radius 1 is 1.10 bits per heavy atom. The maximum Gasteiger partial charge on any atom is 0.263 e. The van der Waals surface area contributed by atoms with Crippen LogP contribution in [-0.2, 0) is 6.54 Å². The second-order valence-corrected chi connectivity index (χ2v) is 9.20. The van der Waals surface area contributed by atoms with Crippen molar-refractivity contribution in [3.8, 4) is 10.6 Å². The quantitative estimate of drug-likeness (QED) is 0.660. The minimum atomic E-state index is -0.121. The molecule has 6 nitrogen and oxygen atoms in total.